The first-order chi connectivity index (χ1) is 18.5. The maximum atomic E-state index is 11.7. The van der Waals surface area contributed by atoms with Crippen LogP contribution in [0.4, 0.5) is 11.4 Å². The van der Waals surface area contributed by atoms with Crippen molar-refractivity contribution in [3.63, 3.8) is 0 Å². The summed E-state index contributed by atoms with van der Waals surface area (Å²) in [6.45, 7) is 10.6. The SMILES string of the molecule is CCN1\C(=C/C=C/C=C/C2=[N+](CC=O)c3ccc(S(=O)(=O)O)cc3C2(C)C)C(C)(C)c2cc(S(=O)(=O)O)ccc21. The molecule has 0 fully saturated rings. The van der Waals surface area contributed by atoms with Crippen LogP contribution in [0.1, 0.15) is 45.7 Å². The average molecular weight is 586 g/mol. The molecule has 4 rings (SSSR count). The third kappa shape index (κ3) is 5.10. The maximum absolute atomic E-state index is 11.7. The van der Waals surface area contributed by atoms with Gasteiger partial charge in [-0.25, -0.2) is 0 Å². The molecule has 2 N–H and O–H groups in total. The van der Waals surface area contributed by atoms with E-state index in [4.69, 9.17) is 0 Å². The van der Waals surface area contributed by atoms with Gasteiger partial charge in [-0.1, -0.05) is 32.1 Å². The molecule has 11 heteroatoms. The van der Waals surface area contributed by atoms with E-state index < -0.39 is 31.1 Å². The first-order valence-corrected chi connectivity index (χ1v) is 15.6. The van der Waals surface area contributed by atoms with Gasteiger partial charge in [0.25, 0.3) is 20.2 Å². The van der Waals surface area contributed by atoms with E-state index in [0.717, 1.165) is 28.9 Å². The zero-order chi connectivity index (χ0) is 29.7. The summed E-state index contributed by atoms with van der Waals surface area (Å²) >= 11 is 0. The lowest BCUT2D eigenvalue weighted by atomic mass is 9.81. The van der Waals surface area contributed by atoms with Crippen molar-refractivity contribution in [1.29, 1.82) is 0 Å². The number of likely N-dealkylation sites (N-methyl/N-ethyl adjacent to an activating group) is 1. The number of hydrogen-bond donors (Lipinski definition) is 2. The van der Waals surface area contributed by atoms with Crippen molar-refractivity contribution >= 4 is 43.6 Å². The van der Waals surface area contributed by atoms with Crippen molar-refractivity contribution in [1.82, 2.24) is 0 Å². The average Bonchev–Trinajstić information content (AvgIpc) is 3.21. The molecule has 9 nitrogen and oxygen atoms in total. The lowest BCUT2D eigenvalue weighted by Gasteiger charge is -2.25. The number of rotatable bonds is 8. The molecule has 0 saturated heterocycles. The van der Waals surface area contributed by atoms with E-state index in [0.29, 0.717) is 17.8 Å². The smallest absolute Gasteiger partial charge is 0.294 e. The zero-order valence-electron chi connectivity index (χ0n) is 23.0. The lowest BCUT2D eigenvalue weighted by Crippen LogP contribution is -2.28. The van der Waals surface area contributed by atoms with Crippen LogP contribution < -0.4 is 4.90 Å². The molecule has 2 aliphatic heterocycles. The van der Waals surface area contributed by atoms with Crippen LogP contribution in [-0.2, 0) is 35.9 Å². The summed E-state index contributed by atoms with van der Waals surface area (Å²) in [6.07, 6.45) is 10.2. The number of aldehydes is 1. The highest BCUT2D eigenvalue weighted by Gasteiger charge is 2.45. The number of carbonyl (C=O) groups is 1. The molecule has 0 aromatic heterocycles. The summed E-state index contributed by atoms with van der Waals surface area (Å²) in [5.41, 5.74) is 3.66. The number of benzene rings is 2. The molecule has 0 bridgehead atoms. The van der Waals surface area contributed by atoms with Crippen molar-refractivity contribution in [3.05, 3.63) is 83.6 Å². The topological polar surface area (TPSA) is 132 Å². The van der Waals surface area contributed by atoms with E-state index in [1.165, 1.54) is 24.3 Å². The van der Waals surface area contributed by atoms with Crippen LogP contribution in [0.3, 0.4) is 0 Å². The summed E-state index contributed by atoms with van der Waals surface area (Å²) in [5.74, 6) is 0. The molecule has 212 valence electrons. The molecule has 0 atom stereocenters. The Balaban J connectivity index is 1.67. The molecular weight excluding hydrogens is 552 g/mol. The Bertz CT molecular complexity index is 1730. The minimum Gasteiger partial charge on any atom is -0.344 e. The second kappa shape index (κ2) is 10.2. The molecule has 0 unspecified atom stereocenters. The number of allylic oxidation sites excluding steroid dienone is 6. The molecule has 2 aromatic rings. The Morgan fingerprint density at radius 3 is 2.02 bits per heavy atom. The molecule has 0 aliphatic carbocycles. The molecule has 40 heavy (non-hydrogen) atoms. The van der Waals surface area contributed by atoms with Gasteiger partial charge in [-0.15, -0.1) is 0 Å². The largest absolute Gasteiger partial charge is 0.344 e. The van der Waals surface area contributed by atoms with Crippen LogP contribution in [0, 0.1) is 0 Å². The van der Waals surface area contributed by atoms with E-state index in [2.05, 4.69) is 4.90 Å². The Kier molecular flexibility index (Phi) is 7.57. The second-order valence-electron chi connectivity index (χ2n) is 10.8. The van der Waals surface area contributed by atoms with Gasteiger partial charge in [-0.05, 0) is 62.7 Å². The predicted molar refractivity (Wildman–Crippen MR) is 154 cm³/mol. The molecule has 2 aromatic carbocycles. The van der Waals surface area contributed by atoms with Crippen LogP contribution >= 0.6 is 0 Å². The highest BCUT2D eigenvalue weighted by Crippen LogP contribution is 2.48. The first kappa shape index (κ1) is 29.6. The minimum absolute atomic E-state index is 0.0819. The number of carbonyl (C=O) groups excluding carboxylic acids is 1. The van der Waals surface area contributed by atoms with Crippen LogP contribution in [0.2, 0.25) is 0 Å². The Labute approximate surface area is 235 Å². The van der Waals surface area contributed by atoms with Crippen molar-refractivity contribution in [2.45, 2.75) is 55.2 Å². The summed E-state index contributed by atoms with van der Waals surface area (Å²) in [7, 11) is -8.71. The van der Waals surface area contributed by atoms with Gasteiger partial charge in [0.1, 0.15) is 0 Å². The summed E-state index contributed by atoms with van der Waals surface area (Å²) in [5, 5.41) is 0. The van der Waals surface area contributed by atoms with Gasteiger partial charge < -0.3 is 4.90 Å². The normalized spacial score (nSPS) is 19.2. The number of nitrogens with zero attached hydrogens (tertiary/aromatic N) is 2. The lowest BCUT2D eigenvalue weighted by molar-refractivity contribution is -0.422. The quantitative estimate of drug-likeness (QED) is 0.199. The van der Waals surface area contributed by atoms with Crippen LogP contribution in [0.5, 0.6) is 0 Å². The molecule has 2 heterocycles. The minimum atomic E-state index is -4.38. The Morgan fingerprint density at radius 2 is 1.45 bits per heavy atom. The summed E-state index contributed by atoms with van der Waals surface area (Å²) in [4.78, 5) is 13.2. The van der Waals surface area contributed by atoms with E-state index in [1.54, 1.807) is 12.1 Å². The van der Waals surface area contributed by atoms with Gasteiger partial charge in [0.15, 0.2) is 12.0 Å². The molecular formula is C29H33N2O7S2+. The summed E-state index contributed by atoms with van der Waals surface area (Å²) in [6, 6.07) is 8.98. The van der Waals surface area contributed by atoms with E-state index >= 15 is 0 Å². The highest BCUT2D eigenvalue weighted by molar-refractivity contribution is 7.86. The van der Waals surface area contributed by atoms with Crippen molar-refractivity contribution in [3.8, 4) is 0 Å². The third-order valence-electron chi connectivity index (χ3n) is 7.63. The maximum Gasteiger partial charge on any atom is 0.294 e. The van der Waals surface area contributed by atoms with Crippen molar-refractivity contribution < 1.29 is 35.3 Å². The second-order valence-corrected chi connectivity index (χ2v) is 13.6. The summed E-state index contributed by atoms with van der Waals surface area (Å²) < 4.78 is 67.7. The van der Waals surface area contributed by atoms with Gasteiger partial charge >= 0.3 is 0 Å². The van der Waals surface area contributed by atoms with Gasteiger partial charge in [0.2, 0.25) is 12.2 Å². The molecule has 2 aliphatic rings. The van der Waals surface area contributed by atoms with E-state index in [9.17, 15) is 30.7 Å². The fraction of sp³-hybridized carbons (Fsp3) is 0.310. The number of anilines is 1. The van der Waals surface area contributed by atoms with Crippen LogP contribution in [-0.4, -0.2) is 55.6 Å². The van der Waals surface area contributed by atoms with Gasteiger partial charge in [-0.3, -0.25) is 13.9 Å². The molecule has 0 saturated carbocycles. The number of hydrogen-bond acceptors (Lipinski definition) is 6. The van der Waals surface area contributed by atoms with Gasteiger partial charge in [0.05, 0.1) is 15.2 Å². The van der Waals surface area contributed by atoms with E-state index in [1.807, 2.05) is 69.6 Å². The number of fused-ring (bicyclic) bond motifs is 2. The van der Waals surface area contributed by atoms with Gasteiger partial charge in [0, 0.05) is 41.1 Å². The van der Waals surface area contributed by atoms with E-state index in [-0.39, 0.29) is 16.3 Å². The third-order valence-corrected chi connectivity index (χ3v) is 9.33. The fourth-order valence-electron chi connectivity index (χ4n) is 5.60. The van der Waals surface area contributed by atoms with Crippen LogP contribution in [0.15, 0.2) is 82.3 Å². The zero-order valence-corrected chi connectivity index (χ0v) is 24.6. The van der Waals surface area contributed by atoms with Crippen molar-refractivity contribution in [2.24, 2.45) is 0 Å². The highest BCUT2D eigenvalue weighted by atomic mass is 32.2. The fourth-order valence-corrected chi connectivity index (χ4v) is 6.61. The molecule has 0 spiro atoms. The Morgan fingerprint density at radius 1 is 0.850 bits per heavy atom. The standard InChI is InChI=1S/C29H32N2O7S2/c1-6-30-24-14-12-20(39(33,34)35)18-22(24)28(2,3)26(30)10-8-7-9-11-27-29(4,5)23-19-21(40(36,37)38)13-15-25(23)31(27)16-17-32/h7-15,17-19H,6,16H2,1-5H3,(H-,33,34,35,36,37,38)/p+1. The first-order valence-electron chi connectivity index (χ1n) is 12.7. The monoisotopic (exact) mass is 585 g/mol. The predicted octanol–water partition coefficient (Wildman–Crippen LogP) is 4.57. The van der Waals surface area contributed by atoms with Crippen LogP contribution in [0.25, 0.3) is 0 Å². The van der Waals surface area contributed by atoms with Gasteiger partial charge in [-0.2, -0.15) is 21.4 Å². The molecule has 0 amide bonds. The Hall–Kier alpha value is -3.38. The molecule has 0 radical (unpaired) electrons. The van der Waals surface area contributed by atoms with Crippen molar-refractivity contribution in [2.75, 3.05) is 18.0 Å².